The average molecular weight is 359 g/mol. The maximum absolute atomic E-state index is 6.17. The second-order valence-electron chi connectivity index (χ2n) is 4.47. The maximum atomic E-state index is 6.17. The molecule has 0 aromatic heterocycles. The van der Waals surface area contributed by atoms with Gasteiger partial charge in [-0.15, -0.1) is 0 Å². The summed E-state index contributed by atoms with van der Waals surface area (Å²) in [5.74, 6) is 0. The molecule has 0 aliphatic rings. The van der Waals surface area contributed by atoms with Crippen LogP contribution in [0, 0.1) is 13.8 Å². The minimum atomic E-state index is 0.613. The number of anilines is 1. The van der Waals surface area contributed by atoms with Crippen molar-refractivity contribution in [3.05, 3.63) is 61.5 Å². The molecule has 0 spiro atoms. The quantitative estimate of drug-likeness (QED) is 0.710. The minimum Gasteiger partial charge on any atom is -0.380 e. The standard InChI is InChI=1S/C15H14BrCl2N/c1-9-6-11(16)7-10(2)15(9)19-8-12-13(17)4-3-5-14(12)18/h3-7,19H,8H2,1-2H3. The summed E-state index contributed by atoms with van der Waals surface area (Å²) in [7, 11) is 0. The summed E-state index contributed by atoms with van der Waals surface area (Å²) in [6.45, 7) is 4.77. The van der Waals surface area contributed by atoms with Gasteiger partial charge in [-0.2, -0.15) is 0 Å². The van der Waals surface area contributed by atoms with Gasteiger partial charge < -0.3 is 5.32 Å². The predicted molar refractivity (Wildman–Crippen MR) is 87.4 cm³/mol. The molecule has 19 heavy (non-hydrogen) atoms. The molecule has 2 rings (SSSR count). The van der Waals surface area contributed by atoms with Gasteiger partial charge in [-0.05, 0) is 49.2 Å². The van der Waals surface area contributed by atoms with Crippen LogP contribution in [-0.2, 0) is 6.54 Å². The van der Waals surface area contributed by atoms with Gasteiger partial charge in [0.2, 0.25) is 0 Å². The number of nitrogens with one attached hydrogen (secondary N) is 1. The molecule has 100 valence electrons. The van der Waals surface area contributed by atoms with Crippen molar-refractivity contribution < 1.29 is 0 Å². The number of hydrogen-bond donors (Lipinski definition) is 1. The van der Waals surface area contributed by atoms with E-state index in [1.165, 1.54) is 11.1 Å². The van der Waals surface area contributed by atoms with Gasteiger partial charge in [0.05, 0.1) is 0 Å². The van der Waals surface area contributed by atoms with E-state index in [-0.39, 0.29) is 0 Å². The van der Waals surface area contributed by atoms with Crippen LogP contribution in [0.1, 0.15) is 16.7 Å². The van der Waals surface area contributed by atoms with Gasteiger partial charge in [0.1, 0.15) is 0 Å². The van der Waals surface area contributed by atoms with E-state index in [9.17, 15) is 0 Å². The zero-order valence-corrected chi connectivity index (χ0v) is 13.8. The van der Waals surface area contributed by atoms with E-state index in [1.807, 2.05) is 18.2 Å². The lowest BCUT2D eigenvalue weighted by Gasteiger charge is -2.15. The van der Waals surface area contributed by atoms with Gasteiger partial charge in [0, 0.05) is 32.3 Å². The minimum absolute atomic E-state index is 0.613. The van der Waals surface area contributed by atoms with Gasteiger partial charge >= 0.3 is 0 Å². The van der Waals surface area contributed by atoms with Crippen LogP contribution in [0.3, 0.4) is 0 Å². The number of benzene rings is 2. The van der Waals surface area contributed by atoms with Crippen molar-refractivity contribution in [1.82, 2.24) is 0 Å². The van der Waals surface area contributed by atoms with Crippen LogP contribution in [0.4, 0.5) is 5.69 Å². The summed E-state index contributed by atoms with van der Waals surface area (Å²) in [5.41, 5.74) is 4.43. The van der Waals surface area contributed by atoms with E-state index < -0.39 is 0 Å². The SMILES string of the molecule is Cc1cc(Br)cc(C)c1NCc1c(Cl)cccc1Cl. The summed E-state index contributed by atoms with van der Waals surface area (Å²) >= 11 is 15.8. The second-order valence-corrected chi connectivity index (χ2v) is 6.20. The third-order valence-electron chi connectivity index (χ3n) is 3.00. The number of rotatable bonds is 3. The molecule has 2 aromatic carbocycles. The Hall–Kier alpha value is -0.700. The molecule has 1 nitrogen and oxygen atoms in total. The molecule has 0 fully saturated rings. The van der Waals surface area contributed by atoms with Crippen LogP contribution >= 0.6 is 39.1 Å². The van der Waals surface area contributed by atoms with Crippen LogP contribution in [0.2, 0.25) is 10.0 Å². The van der Waals surface area contributed by atoms with Crippen molar-refractivity contribution >= 4 is 44.8 Å². The monoisotopic (exact) mass is 357 g/mol. The third-order valence-corrected chi connectivity index (χ3v) is 4.17. The number of hydrogen-bond acceptors (Lipinski definition) is 1. The Morgan fingerprint density at radius 1 is 1.05 bits per heavy atom. The zero-order chi connectivity index (χ0) is 14.0. The van der Waals surface area contributed by atoms with Crippen LogP contribution in [0.15, 0.2) is 34.8 Å². The highest BCUT2D eigenvalue weighted by molar-refractivity contribution is 9.10. The number of aryl methyl sites for hydroxylation is 2. The molecule has 0 atom stereocenters. The maximum Gasteiger partial charge on any atom is 0.0470 e. The Balaban J connectivity index is 2.24. The van der Waals surface area contributed by atoms with Crippen molar-refractivity contribution in [3.63, 3.8) is 0 Å². The largest absolute Gasteiger partial charge is 0.380 e. The van der Waals surface area contributed by atoms with Crippen LogP contribution in [0.25, 0.3) is 0 Å². The van der Waals surface area contributed by atoms with Crippen LogP contribution in [-0.4, -0.2) is 0 Å². The summed E-state index contributed by atoms with van der Waals surface area (Å²) in [4.78, 5) is 0. The van der Waals surface area contributed by atoms with Gasteiger partial charge in [0.15, 0.2) is 0 Å². The van der Waals surface area contributed by atoms with E-state index in [4.69, 9.17) is 23.2 Å². The van der Waals surface area contributed by atoms with Crippen molar-refractivity contribution in [1.29, 1.82) is 0 Å². The normalized spacial score (nSPS) is 10.6. The van der Waals surface area contributed by atoms with Gasteiger partial charge in [-0.3, -0.25) is 0 Å². The zero-order valence-electron chi connectivity index (χ0n) is 10.7. The first-order valence-electron chi connectivity index (χ1n) is 5.92. The molecule has 0 saturated heterocycles. The third kappa shape index (κ3) is 3.44. The van der Waals surface area contributed by atoms with E-state index >= 15 is 0 Å². The first kappa shape index (κ1) is 14.7. The Morgan fingerprint density at radius 2 is 1.58 bits per heavy atom. The van der Waals surface area contributed by atoms with Gasteiger partial charge in [-0.25, -0.2) is 0 Å². The van der Waals surface area contributed by atoms with Gasteiger partial charge in [-0.1, -0.05) is 45.2 Å². The molecular weight excluding hydrogens is 345 g/mol. The molecule has 0 amide bonds. The van der Waals surface area contributed by atoms with Crippen molar-refractivity contribution in [2.75, 3.05) is 5.32 Å². The van der Waals surface area contributed by atoms with E-state index in [0.29, 0.717) is 16.6 Å². The molecule has 4 heteroatoms. The lowest BCUT2D eigenvalue weighted by atomic mass is 10.1. The van der Waals surface area contributed by atoms with E-state index in [1.54, 1.807) is 0 Å². The molecule has 0 aliphatic heterocycles. The molecule has 0 radical (unpaired) electrons. The highest BCUT2D eigenvalue weighted by Gasteiger charge is 2.08. The molecular formula is C15H14BrCl2N. The first-order valence-corrected chi connectivity index (χ1v) is 7.47. The van der Waals surface area contributed by atoms with Crippen LogP contribution in [0.5, 0.6) is 0 Å². The molecule has 1 N–H and O–H groups in total. The summed E-state index contributed by atoms with van der Waals surface area (Å²) in [6, 6.07) is 9.73. The lowest BCUT2D eigenvalue weighted by Crippen LogP contribution is -2.04. The Labute approximate surface area is 132 Å². The van der Waals surface area contributed by atoms with Crippen LogP contribution < -0.4 is 5.32 Å². The molecule has 0 saturated carbocycles. The predicted octanol–water partition coefficient (Wildman–Crippen LogP) is 5.98. The fourth-order valence-electron chi connectivity index (χ4n) is 2.07. The molecule has 0 aliphatic carbocycles. The molecule has 2 aromatic rings. The fraction of sp³-hybridized carbons (Fsp3) is 0.200. The lowest BCUT2D eigenvalue weighted by molar-refractivity contribution is 1.13. The highest BCUT2D eigenvalue weighted by Crippen LogP contribution is 2.28. The molecule has 0 unspecified atom stereocenters. The average Bonchev–Trinajstić information content (AvgIpc) is 2.31. The Morgan fingerprint density at radius 3 is 2.11 bits per heavy atom. The Kier molecular flexibility index (Phi) is 4.77. The molecule has 0 heterocycles. The highest BCUT2D eigenvalue weighted by atomic mass is 79.9. The first-order chi connectivity index (χ1) is 8.99. The van der Waals surface area contributed by atoms with E-state index in [2.05, 4.69) is 47.2 Å². The summed E-state index contributed by atoms with van der Waals surface area (Å²) < 4.78 is 1.09. The van der Waals surface area contributed by atoms with Crippen molar-refractivity contribution in [2.45, 2.75) is 20.4 Å². The number of halogens is 3. The summed E-state index contributed by atoms with van der Waals surface area (Å²) in [5, 5.41) is 4.79. The van der Waals surface area contributed by atoms with Gasteiger partial charge in [0.25, 0.3) is 0 Å². The van der Waals surface area contributed by atoms with E-state index in [0.717, 1.165) is 15.7 Å². The smallest absolute Gasteiger partial charge is 0.0470 e. The second kappa shape index (κ2) is 6.17. The van der Waals surface area contributed by atoms with Crippen molar-refractivity contribution in [3.8, 4) is 0 Å². The molecule has 0 bridgehead atoms. The van der Waals surface area contributed by atoms with Crippen molar-refractivity contribution in [2.24, 2.45) is 0 Å². The fourth-order valence-corrected chi connectivity index (χ4v) is 3.29. The summed E-state index contributed by atoms with van der Waals surface area (Å²) in [6.07, 6.45) is 0. The Bertz CT molecular complexity index is 568. The topological polar surface area (TPSA) is 12.0 Å².